The van der Waals surface area contributed by atoms with Crippen molar-refractivity contribution in [2.45, 2.75) is 26.7 Å². The van der Waals surface area contributed by atoms with Gasteiger partial charge in [-0.2, -0.15) is 0 Å². The summed E-state index contributed by atoms with van der Waals surface area (Å²) < 4.78 is 1.52. The first kappa shape index (κ1) is 12.4. The smallest absolute Gasteiger partial charge is 0.358 e. The summed E-state index contributed by atoms with van der Waals surface area (Å²) in [5, 5.41) is 10.7. The van der Waals surface area contributed by atoms with Gasteiger partial charge in [0.05, 0.1) is 6.42 Å². The Balaban J connectivity index is 2.84. The van der Waals surface area contributed by atoms with Gasteiger partial charge in [0.2, 0.25) is 6.33 Å². The molecule has 16 heavy (non-hydrogen) atoms. The largest absolute Gasteiger partial charge is 0.385 e. The molecule has 1 aromatic heterocycles. The SMILES string of the molecule is CC(C)CC(=O)Cc1c([N+](=O)[O-])ncn1C. The Bertz CT molecular complexity index is 409. The highest BCUT2D eigenvalue weighted by Gasteiger charge is 2.22. The summed E-state index contributed by atoms with van der Waals surface area (Å²) in [5.41, 5.74) is 0.371. The van der Waals surface area contributed by atoms with E-state index in [1.807, 2.05) is 13.8 Å². The fourth-order valence-electron chi connectivity index (χ4n) is 1.51. The highest BCUT2D eigenvalue weighted by Crippen LogP contribution is 2.17. The number of ketones is 1. The van der Waals surface area contributed by atoms with Crippen LogP contribution in [0.25, 0.3) is 0 Å². The lowest BCUT2D eigenvalue weighted by Crippen LogP contribution is -2.10. The van der Waals surface area contributed by atoms with Crippen LogP contribution in [0.5, 0.6) is 0 Å². The van der Waals surface area contributed by atoms with Crippen LogP contribution in [0.2, 0.25) is 0 Å². The van der Waals surface area contributed by atoms with Crippen molar-refractivity contribution in [3.05, 3.63) is 22.1 Å². The molecule has 0 aliphatic carbocycles. The van der Waals surface area contributed by atoms with Gasteiger partial charge in [0.25, 0.3) is 0 Å². The second kappa shape index (κ2) is 4.87. The second-order valence-corrected chi connectivity index (χ2v) is 4.20. The summed E-state index contributed by atoms with van der Waals surface area (Å²) in [4.78, 5) is 25.3. The summed E-state index contributed by atoms with van der Waals surface area (Å²) in [7, 11) is 1.65. The highest BCUT2D eigenvalue weighted by atomic mass is 16.6. The molecule has 0 N–H and O–H groups in total. The lowest BCUT2D eigenvalue weighted by Gasteiger charge is -2.04. The number of rotatable bonds is 5. The first-order valence-electron chi connectivity index (χ1n) is 5.08. The third kappa shape index (κ3) is 2.88. The minimum atomic E-state index is -0.558. The molecule has 0 saturated carbocycles. The van der Waals surface area contributed by atoms with Gasteiger partial charge in [-0.15, -0.1) is 0 Å². The number of Topliss-reactive ketones (excluding diaryl/α,β-unsaturated/α-hetero) is 1. The Morgan fingerprint density at radius 3 is 2.75 bits per heavy atom. The van der Waals surface area contributed by atoms with E-state index in [-0.39, 0.29) is 23.9 Å². The van der Waals surface area contributed by atoms with Crippen LogP contribution in [0.3, 0.4) is 0 Å². The summed E-state index contributed by atoms with van der Waals surface area (Å²) in [5.74, 6) is 0.0427. The molecule has 0 aromatic carbocycles. The molecule has 0 amide bonds. The maximum atomic E-state index is 11.6. The van der Waals surface area contributed by atoms with E-state index in [4.69, 9.17) is 0 Å². The van der Waals surface area contributed by atoms with Crippen LogP contribution >= 0.6 is 0 Å². The Labute approximate surface area is 93.4 Å². The lowest BCUT2D eigenvalue weighted by atomic mass is 10.0. The van der Waals surface area contributed by atoms with Gasteiger partial charge in [0.1, 0.15) is 11.5 Å². The molecule has 0 radical (unpaired) electrons. The van der Waals surface area contributed by atoms with Crippen LogP contribution in [-0.2, 0) is 18.3 Å². The number of nitro groups is 1. The number of carbonyl (C=O) groups is 1. The average Bonchev–Trinajstić information content (AvgIpc) is 2.46. The summed E-state index contributed by atoms with van der Waals surface area (Å²) >= 11 is 0. The molecule has 0 spiro atoms. The number of hydrogen-bond acceptors (Lipinski definition) is 4. The molecule has 0 aliphatic heterocycles. The predicted octanol–water partition coefficient (Wildman–Crippen LogP) is 1.49. The molecule has 0 fully saturated rings. The number of carbonyl (C=O) groups excluding carboxylic acids is 1. The zero-order valence-electron chi connectivity index (χ0n) is 9.64. The van der Waals surface area contributed by atoms with Crippen molar-refractivity contribution >= 4 is 11.6 Å². The Kier molecular flexibility index (Phi) is 3.76. The van der Waals surface area contributed by atoms with E-state index in [1.165, 1.54) is 10.9 Å². The van der Waals surface area contributed by atoms with Gasteiger partial charge in [0, 0.05) is 13.5 Å². The van der Waals surface area contributed by atoms with E-state index in [1.54, 1.807) is 7.05 Å². The minimum Gasteiger partial charge on any atom is -0.358 e. The molecule has 0 atom stereocenters. The highest BCUT2D eigenvalue weighted by molar-refractivity contribution is 5.81. The number of hydrogen-bond donors (Lipinski definition) is 0. The molecule has 6 heteroatoms. The maximum Gasteiger partial charge on any atom is 0.385 e. The predicted molar refractivity (Wildman–Crippen MR) is 58.0 cm³/mol. The average molecular weight is 225 g/mol. The monoisotopic (exact) mass is 225 g/mol. The van der Waals surface area contributed by atoms with Crippen LogP contribution in [-0.4, -0.2) is 20.3 Å². The normalized spacial score (nSPS) is 10.8. The third-order valence-corrected chi connectivity index (χ3v) is 2.21. The number of imidazole rings is 1. The standard InChI is InChI=1S/C10H15N3O3/c1-7(2)4-8(14)5-9-10(13(15)16)11-6-12(9)3/h6-7H,4-5H2,1-3H3. The lowest BCUT2D eigenvalue weighted by molar-refractivity contribution is -0.390. The van der Waals surface area contributed by atoms with Crippen molar-refractivity contribution in [3.8, 4) is 0 Å². The molecule has 0 unspecified atom stereocenters. The Morgan fingerprint density at radius 2 is 2.25 bits per heavy atom. The Morgan fingerprint density at radius 1 is 1.62 bits per heavy atom. The molecular weight excluding hydrogens is 210 g/mol. The topological polar surface area (TPSA) is 78.0 Å². The summed E-state index contributed by atoms with van der Waals surface area (Å²) in [6.07, 6.45) is 1.86. The number of aromatic nitrogens is 2. The fraction of sp³-hybridized carbons (Fsp3) is 0.600. The van der Waals surface area contributed by atoms with Gasteiger partial charge in [-0.25, -0.2) is 0 Å². The number of nitrogens with zero attached hydrogens (tertiary/aromatic N) is 3. The van der Waals surface area contributed by atoms with Crippen LogP contribution in [0.1, 0.15) is 26.0 Å². The van der Waals surface area contributed by atoms with Crippen LogP contribution in [0.4, 0.5) is 5.82 Å². The van der Waals surface area contributed by atoms with Crippen molar-refractivity contribution < 1.29 is 9.72 Å². The van der Waals surface area contributed by atoms with Crippen molar-refractivity contribution in [2.75, 3.05) is 0 Å². The Hall–Kier alpha value is -1.72. The zero-order valence-corrected chi connectivity index (χ0v) is 9.64. The fourth-order valence-corrected chi connectivity index (χ4v) is 1.51. The van der Waals surface area contributed by atoms with Crippen molar-refractivity contribution in [2.24, 2.45) is 13.0 Å². The van der Waals surface area contributed by atoms with Gasteiger partial charge < -0.3 is 14.7 Å². The van der Waals surface area contributed by atoms with Gasteiger partial charge in [0.15, 0.2) is 0 Å². The summed E-state index contributed by atoms with van der Waals surface area (Å²) in [6.45, 7) is 3.88. The first-order valence-corrected chi connectivity index (χ1v) is 5.08. The van der Waals surface area contributed by atoms with Gasteiger partial charge in [-0.05, 0) is 15.8 Å². The molecular formula is C10H15N3O3. The molecule has 0 aliphatic rings. The molecule has 88 valence electrons. The van der Waals surface area contributed by atoms with Crippen LogP contribution in [0, 0.1) is 16.0 Å². The zero-order chi connectivity index (χ0) is 12.3. The van der Waals surface area contributed by atoms with Crippen molar-refractivity contribution in [3.63, 3.8) is 0 Å². The van der Waals surface area contributed by atoms with Crippen LogP contribution in [0.15, 0.2) is 6.33 Å². The second-order valence-electron chi connectivity index (χ2n) is 4.20. The molecule has 6 nitrogen and oxygen atoms in total. The quantitative estimate of drug-likeness (QED) is 0.561. The van der Waals surface area contributed by atoms with E-state index in [0.29, 0.717) is 12.1 Å². The maximum absolute atomic E-state index is 11.6. The van der Waals surface area contributed by atoms with Gasteiger partial charge in [-0.3, -0.25) is 4.79 Å². The molecule has 1 heterocycles. The van der Waals surface area contributed by atoms with E-state index < -0.39 is 4.92 Å². The van der Waals surface area contributed by atoms with Crippen molar-refractivity contribution in [1.29, 1.82) is 0 Å². The van der Waals surface area contributed by atoms with Crippen molar-refractivity contribution in [1.82, 2.24) is 9.55 Å². The molecule has 1 rings (SSSR count). The van der Waals surface area contributed by atoms with Gasteiger partial charge in [-0.1, -0.05) is 13.8 Å². The van der Waals surface area contributed by atoms with Gasteiger partial charge >= 0.3 is 5.82 Å². The number of aryl methyl sites for hydroxylation is 1. The van der Waals surface area contributed by atoms with Crippen LogP contribution < -0.4 is 0 Å². The summed E-state index contributed by atoms with van der Waals surface area (Å²) in [6, 6.07) is 0. The molecule has 0 bridgehead atoms. The third-order valence-electron chi connectivity index (χ3n) is 2.21. The molecule has 1 aromatic rings. The molecule has 0 saturated heterocycles. The minimum absolute atomic E-state index is 0.00157. The first-order chi connectivity index (χ1) is 7.41. The van der Waals surface area contributed by atoms with E-state index in [0.717, 1.165) is 0 Å². The van der Waals surface area contributed by atoms with E-state index >= 15 is 0 Å². The van der Waals surface area contributed by atoms with E-state index in [2.05, 4.69) is 4.98 Å². The van der Waals surface area contributed by atoms with E-state index in [9.17, 15) is 14.9 Å².